The number of nitrogens with zero attached hydrogens (tertiary/aromatic N) is 1. The van der Waals surface area contributed by atoms with Crippen LogP contribution in [0.4, 0.5) is 8.78 Å². The summed E-state index contributed by atoms with van der Waals surface area (Å²) in [6, 6.07) is 11.9. The fraction of sp³-hybridized carbons (Fsp3) is 0.333. The molecular weight excluding hydrogens is 404 g/mol. The van der Waals surface area contributed by atoms with Gasteiger partial charge in [-0.25, -0.2) is 8.78 Å². The van der Waals surface area contributed by atoms with Crippen molar-refractivity contribution in [1.29, 1.82) is 0 Å². The van der Waals surface area contributed by atoms with Crippen molar-refractivity contribution in [2.24, 2.45) is 0 Å². The first-order valence-electron chi connectivity index (χ1n) is 11.7. The van der Waals surface area contributed by atoms with Crippen LogP contribution in [-0.4, -0.2) is 34.5 Å². The Morgan fingerprint density at radius 1 is 0.688 bits per heavy atom. The first-order chi connectivity index (χ1) is 15.7. The van der Waals surface area contributed by atoms with Gasteiger partial charge in [0.2, 0.25) is 0 Å². The molecule has 0 unspecified atom stereocenters. The van der Waals surface area contributed by atoms with Gasteiger partial charge < -0.3 is 14.9 Å². The van der Waals surface area contributed by atoms with E-state index in [1.54, 1.807) is 24.3 Å². The Balaban J connectivity index is 1.45. The van der Waals surface area contributed by atoms with Crippen LogP contribution < -0.4 is 0 Å². The predicted octanol–water partition coefficient (Wildman–Crippen LogP) is 7.04. The smallest absolute Gasteiger partial charge is 0.123 e. The van der Waals surface area contributed by atoms with E-state index in [0.29, 0.717) is 0 Å². The third kappa shape index (κ3) is 3.36. The Morgan fingerprint density at radius 2 is 1.28 bits per heavy atom. The number of hydrogen-bond donors (Lipinski definition) is 2. The van der Waals surface area contributed by atoms with Crippen molar-refractivity contribution in [3.63, 3.8) is 0 Å². The Hall–Kier alpha value is -2.92. The molecule has 0 bridgehead atoms. The number of aryl methyl sites for hydroxylation is 1. The van der Waals surface area contributed by atoms with Gasteiger partial charge in [-0.05, 0) is 94.2 Å². The number of hydrogen-bond acceptors (Lipinski definition) is 1. The van der Waals surface area contributed by atoms with Gasteiger partial charge in [-0.15, -0.1) is 0 Å². The Labute approximate surface area is 185 Å². The zero-order chi connectivity index (χ0) is 21.7. The number of unbranched alkanes of at least 4 members (excludes halogenated alkanes) is 1. The van der Waals surface area contributed by atoms with Crippen LogP contribution in [0, 0.1) is 11.6 Å². The summed E-state index contributed by atoms with van der Waals surface area (Å²) < 4.78 is 28.1. The summed E-state index contributed by atoms with van der Waals surface area (Å²) in [4.78, 5) is 9.66. The standard InChI is InChI=1S/C27H27F2N3/c28-17-7-9-24-20(14-17)22-16-23-21-15-18(29)8-10-25(21)31-27(23)19(26(22)30-24)6-2-5-13-32-11-3-1-4-12-32/h7-10,14-16,30-31H,1-6,11-13H2. The monoisotopic (exact) mass is 431 g/mol. The van der Waals surface area contributed by atoms with E-state index < -0.39 is 0 Å². The summed E-state index contributed by atoms with van der Waals surface area (Å²) in [6.45, 7) is 3.59. The van der Waals surface area contributed by atoms with Crippen molar-refractivity contribution in [3.8, 4) is 0 Å². The second-order valence-electron chi connectivity index (χ2n) is 9.19. The lowest BCUT2D eigenvalue weighted by Crippen LogP contribution is -2.30. The summed E-state index contributed by atoms with van der Waals surface area (Å²) in [5.74, 6) is -0.488. The first kappa shape index (κ1) is 19.7. The van der Waals surface area contributed by atoms with Crippen LogP contribution in [0.1, 0.15) is 37.7 Å². The maximum atomic E-state index is 14.1. The quantitative estimate of drug-likeness (QED) is 0.288. The van der Waals surface area contributed by atoms with E-state index in [2.05, 4.69) is 20.9 Å². The summed E-state index contributed by atoms with van der Waals surface area (Å²) in [7, 11) is 0. The molecule has 0 amide bonds. The highest BCUT2D eigenvalue weighted by atomic mass is 19.1. The van der Waals surface area contributed by atoms with Crippen molar-refractivity contribution in [1.82, 2.24) is 14.9 Å². The Kier molecular flexibility index (Phi) is 4.87. The summed E-state index contributed by atoms with van der Waals surface area (Å²) in [5, 5.41) is 3.76. The zero-order valence-corrected chi connectivity index (χ0v) is 18.1. The minimum absolute atomic E-state index is 0.244. The molecule has 2 N–H and O–H groups in total. The molecule has 3 aromatic carbocycles. The number of aromatic nitrogens is 2. The van der Waals surface area contributed by atoms with E-state index in [1.807, 2.05) is 0 Å². The van der Waals surface area contributed by atoms with Gasteiger partial charge in [-0.2, -0.15) is 0 Å². The van der Waals surface area contributed by atoms with Gasteiger partial charge in [0.15, 0.2) is 0 Å². The lowest BCUT2D eigenvalue weighted by atomic mass is 9.99. The zero-order valence-electron chi connectivity index (χ0n) is 18.1. The number of benzene rings is 3. The molecule has 0 atom stereocenters. The number of H-pyrrole nitrogens is 2. The second-order valence-corrected chi connectivity index (χ2v) is 9.19. The highest BCUT2D eigenvalue weighted by molar-refractivity contribution is 6.19. The predicted molar refractivity (Wildman–Crippen MR) is 128 cm³/mol. The lowest BCUT2D eigenvalue weighted by Gasteiger charge is -2.26. The van der Waals surface area contributed by atoms with Crippen molar-refractivity contribution in [2.45, 2.75) is 38.5 Å². The molecule has 164 valence electrons. The number of likely N-dealkylation sites (tertiary alicyclic amines) is 1. The molecule has 0 saturated carbocycles. The van der Waals surface area contributed by atoms with Crippen LogP contribution in [0.25, 0.3) is 43.6 Å². The molecule has 0 aliphatic carbocycles. The van der Waals surface area contributed by atoms with Gasteiger partial charge in [-0.1, -0.05) is 6.42 Å². The second kappa shape index (κ2) is 7.89. The molecule has 1 aliphatic rings. The van der Waals surface area contributed by atoms with Gasteiger partial charge in [0.25, 0.3) is 0 Å². The number of fused-ring (bicyclic) bond motifs is 6. The molecule has 3 nitrogen and oxygen atoms in total. The highest BCUT2D eigenvalue weighted by Gasteiger charge is 2.17. The van der Waals surface area contributed by atoms with Crippen LogP contribution in [0.2, 0.25) is 0 Å². The average molecular weight is 432 g/mol. The fourth-order valence-corrected chi connectivity index (χ4v) is 5.49. The summed E-state index contributed by atoms with van der Waals surface area (Å²) >= 11 is 0. The fourth-order valence-electron chi connectivity index (χ4n) is 5.49. The number of rotatable bonds is 5. The van der Waals surface area contributed by atoms with Crippen molar-refractivity contribution in [2.75, 3.05) is 19.6 Å². The van der Waals surface area contributed by atoms with Crippen molar-refractivity contribution < 1.29 is 8.78 Å². The van der Waals surface area contributed by atoms with Crippen LogP contribution in [0.15, 0.2) is 42.5 Å². The summed E-state index contributed by atoms with van der Waals surface area (Å²) in [5.41, 5.74) is 5.19. The third-order valence-corrected chi connectivity index (χ3v) is 7.09. The van der Waals surface area contributed by atoms with E-state index in [4.69, 9.17) is 0 Å². The van der Waals surface area contributed by atoms with E-state index in [-0.39, 0.29) is 11.6 Å². The highest BCUT2D eigenvalue weighted by Crippen LogP contribution is 2.37. The SMILES string of the molecule is Fc1ccc2[nH]c3c(CCCCN4CCCCC4)c4[nH]c5ccc(F)cc5c4cc3c2c1. The molecule has 32 heavy (non-hydrogen) atoms. The molecule has 6 rings (SSSR count). The maximum absolute atomic E-state index is 14.1. The van der Waals surface area contributed by atoms with Gasteiger partial charge in [0, 0.05) is 38.1 Å². The van der Waals surface area contributed by atoms with E-state index in [1.165, 1.54) is 50.0 Å². The molecule has 1 fully saturated rings. The Morgan fingerprint density at radius 3 is 1.88 bits per heavy atom. The molecule has 0 spiro atoms. The van der Waals surface area contributed by atoms with Crippen LogP contribution >= 0.6 is 0 Å². The Bertz CT molecular complexity index is 1350. The number of piperidine rings is 1. The van der Waals surface area contributed by atoms with Gasteiger partial charge in [0.1, 0.15) is 11.6 Å². The van der Waals surface area contributed by atoms with Gasteiger partial charge in [0.05, 0.1) is 11.0 Å². The molecule has 0 radical (unpaired) electrons. The maximum Gasteiger partial charge on any atom is 0.123 e. The summed E-state index contributed by atoms with van der Waals surface area (Å²) in [6.07, 6.45) is 7.15. The largest absolute Gasteiger partial charge is 0.354 e. The van der Waals surface area contributed by atoms with Crippen LogP contribution in [0.3, 0.4) is 0 Å². The molecule has 1 aliphatic heterocycles. The lowest BCUT2D eigenvalue weighted by molar-refractivity contribution is 0.225. The minimum atomic E-state index is -0.244. The van der Waals surface area contributed by atoms with E-state index in [9.17, 15) is 8.78 Å². The average Bonchev–Trinajstić information content (AvgIpc) is 3.34. The van der Waals surface area contributed by atoms with Crippen LogP contribution in [-0.2, 0) is 6.42 Å². The number of halogens is 2. The first-order valence-corrected chi connectivity index (χ1v) is 11.7. The normalized spacial score (nSPS) is 15.6. The molecular formula is C27H27F2N3. The number of aromatic amines is 2. The molecule has 2 aromatic heterocycles. The molecule has 3 heterocycles. The molecule has 5 heteroatoms. The molecule has 1 saturated heterocycles. The van der Waals surface area contributed by atoms with E-state index in [0.717, 1.165) is 69.4 Å². The van der Waals surface area contributed by atoms with Gasteiger partial charge >= 0.3 is 0 Å². The van der Waals surface area contributed by atoms with Crippen LogP contribution in [0.5, 0.6) is 0 Å². The third-order valence-electron chi connectivity index (χ3n) is 7.09. The minimum Gasteiger partial charge on any atom is -0.354 e. The van der Waals surface area contributed by atoms with Crippen molar-refractivity contribution in [3.05, 3.63) is 59.7 Å². The van der Waals surface area contributed by atoms with E-state index >= 15 is 0 Å². The molecule has 5 aromatic rings. The van der Waals surface area contributed by atoms with Gasteiger partial charge in [-0.3, -0.25) is 0 Å². The number of nitrogens with one attached hydrogen (secondary N) is 2. The van der Waals surface area contributed by atoms with Crippen molar-refractivity contribution >= 4 is 43.6 Å². The topological polar surface area (TPSA) is 34.8 Å².